The Labute approximate surface area is 105 Å². The molecule has 3 heteroatoms. The lowest BCUT2D eigenvalue weighted by Crippen LogP contribution is -2.18. The predicted octanol–water partition coefficient (Wildman–Crippen LogP) is 3.77. The van der Waals surface area contributed by atoms with Crippen molar-refractivity contribution in [2.75, 3.05) is 0 Å². The second-order valence-electron chi connectivity index (χ2n) is 4.43. The zero-order valence-electron chi connectivity index (χ0n) is 10.1. The van der Waals surface area contributed by atoms with E-state index in [1.807, 2.05) is 37.3 Å². The van der Waals surface area contributed by atoms with Gasteiger partial charge in [0, 0.05) is 18.0 Å². The summed E-state index contributed by atoms with van der Waals surface area (Å²) in [6, 6.07) is 12.7. The van der Waals surface area contributed by atoms with Crippen molar-refractivity contribution < 1.29 is 8.78 Å². The highest BCUT2D eigenvalue weighted by Gasteiger charge is 2.17. The second kappa shape index (κ2) is 5.27. The van der Waals surface area contributed by atoms with E-state index in [1.54, 1.807) is 0 Å². The van der Waals surface area contributed by atoms with Crippen LogP contribution < -0.4 is 5.73 Å². The van der Waals surface area contributed by atoms with Crippen LogP contribution in [0.15, 0.2) is 48.5 Å². The SMILES string of the molecule is CC(c1ccccc1)C(N)c1cc(F)cc(F)c1. The van der Waals surface area contributed by atoms with Gasteiger partial charge in [0.25, 0.3) is 0 Å². The summed E-state index contributed by atoms with van der Waals surface area (Å²) >= 11 is 0. The van der Waals surface area contributed by atoms with Crippen LogP contribution in [-0.4, -0.2) is 0 Å². The summed E-state index contributed by atoms with van der Waals surface area (Å²) in [6.07, 6.45) is 0. The molecule has 2 unspecified atom stereocenters. The molecule has 0 spiro atoms. The largest absolute Gasteiger partial charge is 0.323 e. The van der Waals surface area contributed by atoms with Crippen molar-refractivity contribution in [3.63, 3.8) is 0 Å². The van der Waals surface area contributed by atoms with Crippen molar-refractivity contribution in [3.8, 4) is 0 Å². The van der Waals surface area contributed by atoms with Crippen molar-refractivity contribution in [3.05, 3.63) is 71.3 Å². The van der Waals surface area contributed by atoms with Crippen molar-refractivity contribution in [1.82, 2.24) is 0 Å². The van der Waals surface area contributed by atoms with Crippen LogP contribution in [0.4, 0.5) is 8.78 Å². The topological polar surface area (TPSA) is 26.0 Å². The summed E-state index contributed by atoms with van der Waals surface area (Å²) < 4.78 is 26.3. The van der Waals surface area contributed by atoms with Crippen LogP contribution in [0.5, 0.6) is 0 Å². The highest BCUT2D eigenvalue weighted by Crippen LogP contribution is 2.29. The summed E-state index contributed by atoms with van der Waals surface area (Å²) in [5.41, 5.74) is 7.60. The third-order valence-electron chi connectivity index (χ3n) is 3.13. The first-order chi connectivity index (χ1) is 8.58. The Morgan fingerprint density at radius 3 is 2.00 bits per heavy atom. The van der Waals surface area contributed by atoms with E-state index >= 15 is 0 Å². The maximum atomic E-state index is 13.2. The van der Waals surface area contributed by atoms with Gasteiger partial charge in [-0.3, -0.25) is 0 Å². The molecule has 0 heterocycles. The lowest BCUT2D eigenvalue weighted by molar-refractivity contribution is 0.555. The van der Waals surface area contributed by atoms with E-state index in [9.17, 15) is 8.78 Å². The van der Waals surface area contributed by atoms with Gasteiger partial charge in [-0.2, -0.15) is 0 Å². The van der Waals surface area contributed by atoms with Gasteiger partial charge in [0.15, 0.2) is 0 Å². The molecule has 0 amide bonds. The van der Waals surface area contributed by atoms with E-state index in [4.69, 9.17) is 5.73 Å². The zero-order chi connectivity index (χ0) is 13.1. The van der Waals surface area contributed by atoms with Gasteiger partial charge >= 0.3 is 0 Å². The molecule has 2 atom stereocenters. The fourth-order valence-corrected chi connectivity index (χ4v) is 2.02. The van der Waals surface area contributed by atoms with Gasteiger partial charge in [-0.1, -0.05) is 37.3 Å². The Balaban J connectivity index is 2.28. The normalized spacial score (nSPS) is 14.2. The first-order valence-electron chi connectivity index (χ1n) is 5.84. The Morgan fingerprint density at radius 1 is 0.889 bits per heavy atom. The van der Waals surface area contributed by atoms with Gasteiger partial charge in [0.05, 0.1) is 0 Å². The van der Waals surface area contributed by atoms with E-state index in [0.717, 1.165) is 11.6 Å². The maximum Gasteiger partial charge on any atom is 0.126 e. The first kappa shape index (κ1) is 12.7. The molecule has 2 aromatic carbocycles. The molecule has 18 heavy (non-hydrogen) atoms. The average Bonchev–Trinajstić information content (AvgIpc) is 2.37. The molecule has 0 radical (unpaired) electrons. The van der Waals surface area contributed by atoms with Crippen molar-refractivity contribution in [1.29, 1.82) is 0 Å². The maximum absolute atomic E-state index is 13.2. The lowest BCUT2D eigenvalue weighted by atomic mass is 9.89. The Hall–Kier alpha value is -1.74. The Morgan fingerprint density at radius 2 is 1.44 bits per heavy atom. The minimum atomic E-state index is -0.597. The number of benzene rings is 2. The third-order valence-corrected chi connectivity index (χ3v) is 3.13. The van der Waals surface area contributed by atoms with E-state index < -0.39 is 17.7 Å². The van der Waals surface area contributed by atoms with Crippen LogP contribution in [0.3, 0.4) is 0 Å². The lowest BCUT2D eigenvalue weighted by Gasteiger charge is -2.21. The fourth-order valence-electron chi connectivity index (χ4n) is 2.02. The molecule has 0 aliphatic heterocycles. The van der Waals surface area contributed by atoms with Crippen LogP contribution in [0.25, 0.3) is 0 Å². The predicted molar refractivity (Wildman–Crippen MR) is 68.1 cm³/mol. The third kappa shape index (κ3) is 2.74. The monoisotopic (exact) mass is 247 g/mol. The highest BCUT2D eigenvalue weighted by molar-refractivity contribution is 5.28. The van der Waals surface area contributed by atoms with Crippen LogP contribution >= 0.6 is 0 Å². The molecule has 0 aromatic heterocycles. The van der Waals surface area contributed by atoms with Crippen LogP contribution in [0.1, 0.15) is 30.0 Å². The van der Waals surface area contributed by atoms with E-state index in [-0.39, 0.29) is 5.92 Å². The van der Waals surface area contributed by atoms with E-state index in [1.165, 1.54) is 12.1 Å². The Bertz CT molecular complexity index is 505. The van der Waals surface area contributed by atoms with Crippen LogP contribution in [0, 0.1) is 11.6 Å². The minimum Gasteiger partial charge on any atom is -0.323 e. The molecule has 0 bridgehead atoms. The number of nitrogens with two attached hydrogens (primary N) is 1. The quantitative estimate of drug-likeness (QED) is 0.877. The Kier molecular flexibility index (Phi) is 3.72. The van der Waals surface area contributed by atoms with Gasteiger partial charge in [-0.15, -0.1) is 0 Å². The fraction of sp³-hybridized carbons (Fsp3) is 0.200. The molecular weight excluding hydrogens is 232 g/mol. The molecular formula is C15H15F2N. The van der Waals surface area contributed by atoms with Gasteiger partial charge in [-0.05, 0) is 23.3 Å². The van der Waals surface area contributed by atoms with Gasteiger partial charge < -0.3 is 5.73 Å². The molecule has 0 aliphatic rings. The number of hydrogen-bond donors (Lipinski definition) is 1. The van der Waals surface area contributed by atoms with Gasteiger partial charge in [0.1, 0.15) is 11.6 Å². The number of halogens is 2. The molecule has 2 N–H and O–H groups in total. The molecule has 2 rings (SSSR count). The van der Waals surface area contributed by atoms with Crippen molar-refractivity contribution >= 4 is 0 Å². The minimum absolute atomic E-state index is 0.00704. The molecule has 0 saturated heterocycles. The molecule has 0 aliphatic carbocycles. The molecule has 94 valence electrons. The number of hydrogen-bond acceptors (Lipinski definition) is 1. The second-order valence-corrected chi connectivity index (χ2v) is 4.43. The highest BCUT2D eigenvalue weighted by atomic mass is 19.1. The summed E-state index contributed by atoms with van der Waals surface area (Å²) in [4.78, 5) is 0. The van der Waals surface area contributed by atoms with Gasteiger partial charge in [0.2, 0.25) is 0 Å². The van der Waals surface area contributed by atoms with E-state index in [2.05, 4.69) is 0 Å². The van der Waals surface area contributed by atoms with E-state index in [0.29, 0.717) is 5.56 Å². The smallest absolute Gasteiger partial charge is 0.126 e. The summed E-state index contributed by atoms with van der Waals surface area (Å²) in [7, 11) is 0. The van der Waals surface area contributed by atoms with Crippen molar-refractivity contribution in [2.24, 2.45) is 5.73 Å². The summed E-state index contributed by atoms with van der Waals surface area (Å²) in [6.45, 7) is 1.95. The van der Waals surface area contributed by atoms with Crippen molar-refractivity contribution in [2.45, 2.75) is 18.9 Å². The zero-order valence-corrected chi connectivity index (χ0v) is 10.1. The number of rotatable bonds is 3. The average molecular weight is 247 g/mol. The standard InChI is InChI=1S/C15H15F2N/c1-10(11-5-3-2-4-6-11)15(18)12-7-13(16)9-14(17)8-12/h2-10,15H,18H2,1H3. The summed E-state index contributed by atoms with van der Waals surface area (Å²) in [5, 5.41) is 0. The van der Waals surface area contributed by atoms with Gasteiger partial charge in [-0.25, -0.2) is 8.78 Å². The molecule has 1 nitrogen and oxygen atoms in total. The van der Waals surface area contributed by atoms with Crippen LogP contribution in [-0.2, 0) is 0 Å². The summed E-state index contributed by atoms with van der Waals surface area (Å²) in [5.74, 6) is -1.20. The molecule has 2 aromatic rings. The molecule has 0 saturated carbocycles. The van der Waals surface area contributed by atoms with Crippen LogP contribution in [0.2, 0.25) is 0 Å². The first-order valence-corrected chi connectivity index (χ1v) is 5.84. The molecule has 0 fully saturated rings.